The molecule has 2 rings (SSSR count). The summed E-state index contributed by atoms with van der Waals surface area (Å²) in [4.78, 5) is 0. The fraction of sp³-hybridized carbons (Fsp3) is 0.538. The number of hydrogen-bond acceptors (Lipinski definition) is 1. The van der Waals surface area contributed by atoms with Crippen LogP contribution in [-0.2, 0) is 0 Å². The summed E-state index contributed by atoms with van der Waals surface area (Å²) >= 11 is 3.40. The van der Waals surface area contributed by atoms with Crippen molar-refractivity contribution >= 4 is 21.6 Å². The van der Waals surface area contributed by atoms with Crippen LogP contribution >= 0.6 is 15.9 Å². The molecule has 0 amide bonds. The lowest BCUT2D eigenvalue weighted by Crippen LogP contribution is -2.01. The third-order valence-corrected chi connectivity index (χ3v) is 3.83. The number of fused-ring (bicyclic) bond motifs is 1. The van der Waals surface area contributed by atoms with Gasteiger partial charge >= 0.3 is 0 Å². The Morgan fingerprint density at radius 1 is 1.44 bits per heavy atom. The van der Waals surface area contributed by atoms with Gasteiger partial charge in [0, 0.05) is 16.9 Å². The molecule has 0 bridgehead atoms. The minimum absolute atomic E-state index is 0.144. The highest BCUT2D eigenvalue weighted by molar-refractivity contribution is 9.10. The van der Waals surface area contributed by atoms with Crippen LogP contribution in [0.5, 0.6) is 0 Å². The molecule has 0 spiro atoms. The Morgan fingerprint density at radius 2 is 2.25 bits per heavy atom. The summed E-state index contributed by atoms with van der Waals surface area (Å²) in [5.41, 5.74) is 2.23. The molecule has 1 N–H and O–H groups in total. The number of benzene rings is 1. The van der Waals surface area contributed by atoms with Gasteiger partial charge in [0.15, 0.2) is 0 Å². The molecule has 1 aromatic carbocycles. The molecular formula is C13H17BrFN. The van der Waals surface area contributed by atoms with Crippen molar-refractivity contribution in [3.8, 4) is 0 Å². The van der Waals surface area contributed by atoms with Gasteiger partial charge in [-0.3, -0.25) is 0 Å². The topological polar surface area (TPSA) is 12.0 Å². The molecule has 0 saturated carbocycles. The SMILES string of the molecule is CCCCCC1CNc2c(Br)cc(F)cc21. The van der Waals surface area contributed by atoms with Crippen LogP contribution in [0.1, 0.15) is 44.1 Å². The average Bonchev–Trinajstić information content (AvgIpc) is 2.62. The van der Waals surface area contributed by atoms with Crippen LogP contribution in [0.3, 0.4) is 0 Å². The van der Waals surface area contributed by atoms with Gasteiger partial charge in [0.25, 0.3) is 0 Å². The van der Waals surface area contributed by atoms with Crippen LogP contribution < -0.4 is 5.32 Å². The van der Waals surface area contributed by atoms with Gasteiger partial charge in [0.05, 0.1) is 5.69 Å². The Morgan fingerprint density at radius 3 is 3.00 bits per heavy atom. The Bertz CT molecular complexity index is 378. The first-order valence-corrected chi connectivity index (χ1v) is 6.74. The van der Waals surface area contributed by atoms with E-state index in [-0.39, 0.29) is 5.82 Å². The van der Waals surface area contributed by atoms with Crippen LogP contribution in [0.25, 0.3) is 0 Å². The van der Waals surface area contributed by atoms with E-state index in [9.17, 15) is 4.39 Å². The van der Waals surface area contributed by atoms with E-state index in [1.165, 1.54) is 25.3 Å². The molecule has 0 aliphatic carbocycles. The van der Waals surface area contributed by atoms with Crippen LogP contribution in [0.15, 0.2) is 16.6 Å². The highest BCUT2D eigenvalue weighted by Gasteiger charge is 2.24. The number of halogens is 2. The van der Waals surface area contributed by atoms with Gasteiger partial charge < -0.3 is 5.32 Å². The summed E-state index contributed by atoms with van der Waals surface area (Å²) in [7, 11) is 0. The lowest BCUT2D eigenvalue weighted by atomic mass is 9.95. The molecule has 0 radical (unpaired) electrons. The summed E-state index contributed by atoms with van der Waals surface area (Å²) in [6.45, 7) is 3.15. The second kappa shape index (κ2) is 5.17. The molecule has 0 aromatic heterocycles. The standard InChI is InChI=1S/C13H17BrFN/c1-2-3-4-5-9-8-16-13-11(9)6-10(15)7-12(13)14/h6-7,9,16H,2-5,8H2,1H3. The van der Waals surface area contributed by atoms with Gasteiger partial charge in [-0.1, -0.05) is 26.2 Å². The normalized spacial score (nSPS) is 18.3. The van der Waals surface area contributed by atoms with E-state index in [2.05, 4.69) is 28.2 Å². The highest BCUT2D eigenvalue weighted by atomic mass is 79.9. The minimum atomic E-state index is -0.144. The van der Waals surface area contributed by atoms with Gasteiger partial charge in [-0.2, -0.15) is 0 Å². The smallest absolute Gasteiger partial charge is 0.124 e. The fourth-order valence-electron chi connectivity index (χ4n) is 2.34. The zero-order valence-electron chi connectivity index (χ0n) is 9.52. The van der Waals surface area contributed by atoms with Crippen LogP contribution in [-0.4, -0.2) is 6.54 Å². The quantitative estimate of drug-likeness (QED) is 0.793. The number of nitrogens with one attached hydrogen (secondary N) is 1. The van der Waals surface area contributed by atoms with Crippen LogP contribution in [0.2, 0.25) is 0 Å². The molecule has 0 fully saturated rings. The first-order chi connectivity index (χ1) is 7.72. The van der Waals surface area contributed by atoms with Gasteiger partial charge in [0.2, 0.25) is 0 Å². The summed E-state index contributed by atoms with van der Waals surface area (Å²) in [5.74, 6) is 0.336. The predicted octanol–water partition coefficient (Wildman–Crippen LogP) is 4.68. The second-order valence-corrected chi connectivity index (χ2v) is 5.28. The van der Waals surface area contributed by atoms with Crippen molar-refractivity contribution in [2.75, 3.05) is 11.9 Å². The monoisotopic (exact) mass is 285 g/mol. The molecule has 1 aliphatic heterocycles. The summed E-state index contributed by atoms with van der Waals surface area (Å²) in [5, 5.41) is 3.36. The summed E-state index contributed by atoms with van der Waals surface area (Å²) in [6, 6.07) is 3.21. The summed E-state index contributed by atoms with van der Waals surface area (Å²) in [6.07, 6.45) is 4.89. The highest BCUT2D eigenvalue weighted by Crippen LogP contribution is 2.39. The molecule has 3 heteroatoms. The first-order valence-electron chi connectivity index (χ1n) is 5.95. The van der Waals surface area contributed by atoms with Crippen LogP contribution in [0.4, 0.5) is 10.1 Å². The molecule has 88 valence electrons. The van der Waals surface area contributed by atoms with Gasteiger partial charge in [0.1, 0.15) is 5.82 Å². The van der Waals surface area contributed by atoms with Gasteiger partial charge in [-0.05, 0) is 40.0 Å². The number of hydrogen-bond donors (Lipinski definition) is 1. The molecule has 0 saturated heterocycles. The maximum absolute atomic E-state index is 13.3. The van der Waals surface area contributed by atoms with Crippen molar-refractivity contribution in [2.24, 2.45) is 0 Å². The number of anilines is 1. The third-order valence-electron chi connectivity index (χ3n) is 3.21. The Kier molecular flexibility index (Phi) is 3.85. The Balaban J connectivity index is 2.12. The maximum Gasteiger partial charge on any atom is 0.124 e. The number of rotatable bonds is 4. The van der Waals surface area contributed by atoms with Crippen molar-refractivity contribution in [1.29, 1.82) is 0 Å². The lowest BCUT2D eigenvalue weighted by molar-refractivity contribution is 0.588. The second-order valence-electron chi connectivity index (χ2n) is 4.43. The molecule has 1 nitrogen and oxygen atoms in total. The van der Waals surface area contributed by atoms with E-state index >= 15 is 0 Å². The summed E-state index contributed by atoms with van der Waals surface area (Å²) < 4.78 is 14.2. The molecule has 1 atom stereocenters. The van der Waals surface area contributed by atoms with Crippen molar-refractivity contribution in [3.63, 3.8) is 0 Å². The molecule has 16 heavy (non-hydrogen) atoms. The predicted molar refractivity (Wildman–Crippen MR) is 69.5 cm³/mol. The molecular weight excluding hydrogens is 269 g/mol. The van der Waals surface area contributed by atoms with E-state index < -0.39 is 0 Å². The van der Waals surface area contributed by atoms with E-state index in [0.717, 1.165) is 28.7 Å². The largest absolute Gasteiger partial charge is 0.383 e. The van der Waals surface area contributed by atoms with E-state index in [4.69, 9.17) is 0 Å². The zero-order valence-corrected chi connectivity index (χ0v) is 11.1. The zero-order chi connectivity index (χ0) is 11.5. The Labute approximate surface area is 105 Å². The minimum Gasteiger partial charge on any atom is -0.383 e. The Hall–Kier alpha value is -0.570. The van der Waals surface area contributed by atoms with Crippen molar-refractivity contribution in [2.45, 2.75) is 38.5 Å². The molecule has 1 heterocycles. The molecule has 1 unspecified atom stereocenters. The van der Waals surface area contributed by atoms with Gasteiger partial charge in [-0.25, -0.2) is 4.39 Å². The van der Waals surface area contributed by atoms with E-state index in [1.54, 1.807) is 6.07 Å². The van der Waals surface area contributed by atoms with E-state index in [0.29, 0.717) is 5.92 Å². The average molecular weight is 286 g/mol. The van der Waals surface area contributed by atoms with E-state index in [1.807, 2.05) is 0 Å². The maximum atomic E-state index is 13.3. The first kappa shape index (κ1) is 11.9. The lowest BCUT2D eigenvalue weighted by Gasteiger charge is -2.09. The number of unbranched alkanes of at least 4 members (excludes halogenated alkanes) is 2. The molecule has 1 aromatic rings. The van der Waals surface area contributed by atoms with Crippen molar-refractivity contribution < 1.29 is 4.39 Å². The van der Waals surface area contributed by atoms with Crippen molar-refractivity contribution in [1.82, 2.24) is 0 Å². The molecule has 1 aliphatic rings. The fourth-order valence-corrected chi connectivity index (χ4v) is 2.92. The third kappa shape index (κ3) is 2.40. The van der Waals surface area contributed by atoms with Crippen LogP contribution in [0, 0.1) is 5.82 Å². The van der Waals surface area contributed by atoms with Gasteiger partial charge in [-0.15, -0.1) is 0 Å². The van der Waals surface area contributed by atoms with Crippen molar-refractivity contribution in [3.05, 3.63) is 28.0 Å².